The molecule has 3 rings (SSSR count). The van der Waals surface area contributed by atoms with Crippen molar-refractivity contribution in [2.75, 3.05) is 11.9 Å². The first-order valence-electron chi connectivity index (χ1n) is 6.42. The first-order chi connectivity index (χ1) is 10.6. The van der Waals surface area contributed by atoms with Crippen molar-refractivity contribution >= 4 is 17.2 Å². The van der Waals surface area contributed by atoms with Gasteiger partial charge < -0.3 is 15.0 Å². The molecular weight excluding hydrogens is 288 g/mol. The first kappa shape index (κ1) is 13.7. The molecule has 0 aromatic carbocycles. The van der Waals surface area contributed by atoms with Crippen LogP contribution in [0.25, 0.3) is 5.65 Å². The smallest absolute Gasteiger partial charge is 0.262 e. The molecule has 0 bridgehead atoms. The largest absolute Gasteiger partial charge is 0.478 e. The number of carbonyl (C=O) groups excluding carboxylic acids is 1. The van der Waals surface area contributed by atoms with E-state index in [0.29, 0.717) is 17.0 Å². The van der Waals surface area contributed by atoms with Crippen LogP contribution < -0.4 is 15.5 Å². The number of nitrogens with one attached hydrogen (secondary N) is 2. The molecule has 0 fully saturated rings. The molecule has 0 aliphatic carbocycles. The number of carbonyl (C=O) groups is 1. The Morgan fingerprint density at radius 3 is 3.18 bits per heavy atom. The summed E-state index contributed by atoms with van der Waals surface area (Å²) in [6.45, 7) is 1.46. The third-order valence-electron chi connectivity index (χ3n) is 2.88. The van der Waals surface area contributed by atoms with E-state index in [2.05, 4.69) is 25.8 Å². The highest BCUT2D eigenvalue weighted by molar-refractivity contribution is 5.95. The fourth-order valence-corrected chi connectivity index (χ4v) is 1.87. The van der Waals surface area contributed by atoms with Crippen molar-refractivity contribution in [2.45, 2.75) is 6.92 Å². The molecule has 22 heavy (non-hydrogen) atoms. The van der Waals surface area contributed by atoms with E-state index in [-0.39, 0.29) is 17.8 Å². The number of tetrazole rings is 1. The number of H-pyrrole nitrogens is 1. The minimum Gasteiger partial charge on any atom is -0.478 e. The SMILES string of the molecule is Cc1cc(=O)c(OCC(=O)Nc2cccn3nnnc23)c[nH]1. The summed E-state index contributed by atoms with van der Waals surface area (Å²) in [6.07, 6.45) is 3.08. The van der Waals surface area contributed by atoms with Gasteiger partial charge in [-0.05, 0) is 29.5 Å². The fourth-order valence-electron chi connectivity index (χ4n) is 1.87. The molecule has 3 heterocycles. The molecule has 0 radical (unpaired) electrons. The van der Waals surface area contributed by atoms with Crippen molar-refractivity contribution in [3.63, 3.8) is 0 Å². The summed E-state index contributed by atoms with van der Waals surface area (Å²) >= 11 is 0. The van der Waals surface area contributed by atoms with Gasteiger partial charge in [0.25, 0.3) is 5.91 Å². The highest BCUT2D eigenvalue weighted by Gasteiger charge is 2.10. The van der Waals surface area contributed by atoms with Crippen molar-refractivity contribution in [3.8, 4) is 5.75 Å². The number of nitrogens with zero attached hydrogens (tertiary/aromatic N) is 4. The van der Waals surface area contributed by atoms with E-state index in [9.17, 15) is 9.59 Å². The normalized spacial score (nSPS) is 10.6. The van der Waals surface area contributed by atoms with E-state index in [1.54, 1.807) is 25.3 Å². The summed E-state index contributed by atoms with van der Waals surface area (Å²) in [6, 6.07) is 4.77. The lowest BCUT2D eigenvalue weighted by Gasteiger charge is -2.07. The van der Waals surface area contributed by atoms with Gasteiger partial charge in [-0.3, -0.25) is 9.59 Å². The Hall–Kier alpha value is -3.23. The summed E-state index contributed by atoms with van der Waals surface area (Å²) < 4.78 is 6.64. The van der Waals surface area contributed by atoms with Crippen LogP contribution in [0, 0.1) is 6.92 Å². The molecule has 112 valence electrons. The Labute approximate surface area is 123 Å². The van der Waals surface area contributed by atoms with Crippen LogP contribution in [0.4, 0.5) is 5.69 Å². The number of aryl methyl sites for hydroxylation is 1. The lowest BCUT2D eigenvalue weighted by Crippen LogP contribution is -2.22. The van der Waals surface area contributed by atoms with Crippen LogP contribution in [0.15, 0.2) is 35.4 Å². The van der Waals surface area contributed by atoms with Crippen molar-refractivity contribution in [1.29, 1.82) is 0 Å². The average molecular weight is 300 g/mol. The third-order valence-corrected chi connectivity index (χ3v) is 2.88. The summed E-state index contributed by atoms with van der Waals surface area (Å²) in [5.74, 6) is -0.334. The zero-order valence-electron chi connectivity index (χ0n) is 11.6. The van der Waals surface area contributed by atoms with Gasteiger partial charge in [0.05, 0.1) is 5.69 Å². The Morgan fingerprint density at radius 1 is 1.50 bits per heavy atom. The fraction of sp³-hybridized carbons (Fsp3) is 0.154. The van der Waals surface area contributed by atoms with Crippen LogP contribution in [0.2, 0.25) is 0 Å². The Bertz CT molecular complexity index is 885. The Balaban J connectivity index is 1.68. The molecule has 0 aliphatic heterocycles. The number of hydrogen-bond donors (Lipinski definition) is 2. The van der Waals surface area contributed by atoms with E-state index in [1.165, 1.54) is 16.8 Å². The minimum atomic E-state index is -0.420. The number of anilines is 1. The van der Waals surface area contributed by atoms with E-state index < -0.39 is 5.91 Å². The van der Waals surface area contributed by atoms with E-state index >= 15 is 0 Å². The molecule has 2 N–H and O–H groups in total. The van der Waals surface area contributed by atoms with Crippen molar-refractivity contribution < 1.29 is 9.53 Å². The second kappa shape index (κ2) is 5.64. The number of rotatable bonds is 4. The lowest BCUT2D eigenvalue weighted by atomic mass is 10.3. The van der Waals surface area contributed by atoms with Gasteiger partial charge in [0.2, 0.25) is 11.1 Å². The standard InChI is InChI=1S/C13H12N6O3/c1-8-5-10(20)11(6-14-8)22-7-12(21)15-9-3-2-4-19-13(9)16-17-18-19/h2-6H,7H2,1H3,(H,14,20)(H,15,21). The minimum absolute atomic E-state index is 0.0862. The third kappa shape index (κ3) is 2.77. The highest BCUT2D eigenvalue weighted by Crippen LogP contribution is 2.12. The van der Waals surface area contributed by atoms with E-state index in [0.717, 1.165) is 0 Å². The number of amides is 1. The van der Waals surface area contributed by atoms with Crippen LogP contribution in [-0.4, -0.2) is 37.5 Å². The maximum Gasteiger partial charge on any atom is 0.262 e. The number of aromatic amines is 1. The van der Waals surface area contributed by atoms with E-state index in [4.69, 9.17) is 4.74 Å². The molecule has 0 aliphatic rings. The van der Waals surface area contributed by atoms with Crippen molar-refractivity contribution in [3.05, 3.63) is 46.5 Å². The predicted octanol–water partition coefficient (Wildman–Crippen LogP) is 0.139. The molecule has 9 nitrogen and oxygen atoms in total. The van der Waals surface area contributed by atoms with Crippen LogP contribution >= 0.6 is 0 Å². The zero-order chi connectivity index (χ0) is 15.5. The zero-order valence-corrected chi connectivity index (χ0v) is 11.6. The van der Waals surface area contributed by atoms with Crippen molar-refractivity contribution in [1.82, 2.24) is 25.0 Å². The molecular formula is C13H12N6O3. The summed E-state index contributed by atoms with van der Waals surface area (Å²) in [5.41, 5.74) is 1.31. The highest BCUT2D eigenvalue weighted by atomic mass is 16.5. The molecule has 9 heteroatoms. The second-order valence-corrected chi connectivity index (χ2v) is 4.55. The van der Waals surface area contributed by atoms with Crippen LogP contribution in [-0.2, 0) is 4.79 Å². The molecule has 1 amide bonds. The van der Waals surface area contributed by atoms with Gasteiger partial charge in [0.1, 0.15) is 0 Å². The van der Waals surface area contributed by atoms with Crippen LogP contribution in [0.5, 0.6) is 5.75 Å². The topological polar surface area (TPSA) is 114 Å². The molecule has 0 saturated heterocycles. The number of aromatic nitrogens is 5. The average Bonchev–Trinajstić information content (AvgIpc) is 2.96. The monoisotopic (exact) mass is 300 g/mol. The molecule has 0 saturated carbocycles. The molecule has 3 aromatic rings. The summed E-state index contributed by atoms with van der Waals surface area (Å²) in [5, 5.41) is 13.7. The predicted molar refractivity (Wildman–Crippen MR) is 76.7 cm³/mol. The van der Waals surface area contributed by atoms with Gasteiger partial charge in [-0.25, -0.2) is 0 Å². The number of ether oxygens (including phenoxy) is 1. The van der Waals surface area contributed by atoms with E-state index in [1.807, 2.05) is 0 Å². The summed E-state index contributed by atoms with van der Waals surface area (Å²) in [7, 11) is 0. The van der Waals surface area contributed by atoms with Gasteiger partial charge >= 0.3 is 0 Å². The number of pyridine rings is 2. The first-order valence-corrected chi connectivity index (χ1v) is 6.42. The van der Waals surface area contributed by atoms with Gasteiger partial charge in [-0.2, -0.15) is 4.52 Å². The molecule has 3 aromatic heterocycles. The van der Waals surface area contributed by atoms with Crippen LogP contribution in [0.1, 0.15) is 5.69 Å². The quantitative estimate of drug-likeness (QED) is 0.708. The Morgan fingerprint density at radius 2 is 2.36 bits per heavy atom. The second-order valence-electron chi connectivity index (χ2n) is 4.55. The lowest BCUT2D eigenvalue weighted by molar-refractivity contribution is -0.118. The van der Waals surface area contributed by atoms with Gasteiger partial charge in [-0.1, -0.05) is 0 Å². The van der Waals surface area contributed by atoms with Gasteiger partial charge in [-0.15, -0.1) is 5.10 Å². The van der Waals surface area contributed by atoms with Gasteiger partial charge in [0, 0.05) is 24.2 Å². The van der Waals surface area contributed by atoms with Gasteiger partial charge in [0.15, 0.2) is 12.4 Å². The van der Waals surface area contributed by atoms with Crippen molar-refractivity contribution in [2.24, 2.45) is 0 Å². The Kier molecular flexibility index (Phi) is 3.52. The number of hydrogen-bond acceptors (Lipinski definition) is 6. The maximum atomic E-state index is 11.9. The maximum absolute atomic E-state index is 11.9. The molecule has 0 atom stereocenters. The molecule has 0 spiro atoms. The number of fused-ring (bicyclic) bond motifs is 1. The molecule has 0 unspecified atom stereocenters. The van der Waals surface area contributed by atoms with Crippen LogP contribution in [0.3, 0.4) is 0 Å². The summed E-state index contributed by atoms with van der Waals surface area (Å²) in [4.78, 5) is 26.4.